The van der Waals surface area contributed by atoms with Crippen LogP contribution in [0.3, 0.4) is 0 Å². The number of rotatable bonds is 0. The maximum absolute atomic E-state index is 2.30. The van der Waals surface area contributed by atoms with Crippen molar-refractivity contribution in [3.63, 3.8) is 0 Å². The molecule has 1 aliphatic carbocycles. The van der Waals surface area contributed by atoms with Gasteiger partial charge in [0.05, 0.1) is 0 Å². The molecule has 0 spiro atoms. The first kappa shape index (κ1) is 10.6. The molecule has 0 radical (unpaired) electrons. The Balaban J connectivity index is 2.18. The van der Waals surface area contributed by atoms with Crippen molar-refractivity contribution >= 4 is 0 Å². The van der Waals surface area contributed by atoms with Gasteiger partial charge in [-0.2, -0.15) is 0 Å². The van der Waals surface area contributed by atoms with Gasteiger partial charge in [0, 0.05) is 0 Å². The van der Waals surface area contributed by atoms with E-state index in [0.29, 0.717) is 0 Å². The first-order valence-corrected chi connectivity index (χ1v) is 5.82. The third kappa shape index (κ3) is 6.62. The summed E-state index contributed by atoms with van der Waals surface area (Å²) in [7, 11) is 0. The Hall–Kier alpha value is -0.520. The molecule has 0 amide bonds. The topological polar surface area (TPSA) is 0 Å². The lowest BCUT2D eigenvalue weighted by atomic mass is 10.1. The highest BCUT2D eigenvalue weighted by atomic mass is 14.0. The molecule has 0 heteroatoms. The van der Waals surface area contributed by atoms with E-state index in [4.69, 9.17) is 0 Å². The van der Waals surface area contributed by atoms with Crippen molar-refractivity contribution < 1.29 is 0 Å². The van der Waals surface area contributed by atoms with Crippen molar-refractivity contribution in [2.24, 2.45) is 0 Å². The predicted octanol–water partition coefficient (Wildman–Crippen LogP) is 4.62. The highest BCUT2D eigenvalue weighted by molar-refractivity contribution is 5.02. The largest absolute Gasteiger partial charge is 0.0845 e. The molecular formula is C13H22. The van der Waals surface area contributed by atoms with Crippen LogP contribution >= 0.6 is 0 Å². The third-order valence-electron chi connectivity index (χ3n) is 2.62. The molecule has 0 aromatic carbocycles. The summed E-state index contributed by atoms with van der Waals surface area (Å²) in [6, 6.07) is 0. The van der Waals surface area contributed by atoms with Crippen molar-refractivity contribution in [1.82, 2.24) is 0 Å². The molecule has 1 aliphatic rings. The number of hydrogen-bond acceptors (Lipinski definition) is 0. The van der Waals surface area contributed by atoms with Gasteiger partial charge in [-0.15, -0.1) is 0 Å². The Kier molecular flexibility index (Phi) is 6.58. The van der Waals surface area contributed by atoms with E-state index in [-0.39, 0.29) is 0 Å². The molecule has 1 rings (SSSR count). The summed E-state index contributed by atoms with van der Waals surface area (Å²) in [6.07, 6.45) is 21.5. The lowest BCUT2D eigenvalue weighted by Crippen LogP contribution is -1.79. The summed E-state index contributed by atoms with van der Waals surface area (Å²) in [5.74, 6) is 0. The van der Waals surface area contributed by atoms with E-state index in [2.05, 4.69) is 24.3 Å². The van der Waals surface area contributed by atoms with Crippen LogP contribution < -0.4 is 0 Å². The van der Waals surface area contributed by atoms with Crippen LogP contribution in [0, 0.1) is 0 Å². The van der Waals surface area contributed by atoms with Crippen LogP contribution in [0.4, 0.5) is 0 Å². The summed E-state index contributed by atoms with van der Waals surface area (Å²) in [5, 5.41) is 0. The van der Waals surface area contributed by atoms with E-state index >= 15 is 0 Å². The molecule has 0 saturated carbocycles. The van der Waals surface area contributed by atoms with Gasteiger partial charge in [-0.3, -0.25) is 0 Å². The zero-order valence-corrected chi connectivity index (χ0v) is 8.67. The summed E-state index contributed by atoms with van der Waals surface area (Å²) >= 11 is 0. The van der Waals surface area contributed by atoms with Crippen LogP contribution in [0.5, 0.6) is 0 Å². The van der Waals surface area contributed by atoms with Crippen molar-refractivity contribution in [3.05, 3.63) is 24.3 Å². The van der Waals surface area contributed by atoms with Crippen LogP contribution in [-0.4, -0.2) is 0 Å². The average Bonchev–Trinajstić information content (AvgIpc) is 2.18. The van der Waals surface area contributed by atoms with Gasteiger partial charge < -0.3 is 0 Å². The molecule has 0 saturated heterocycles. The van der Waals surface area contributed by atoms with Crippen molar-refractivity contribution in [2.45, 2.75) is 57.8 Å². The van der Waals surface area contributed by atoms with E-state index in [9.17, 15) is 0 Å². The third-order valence-corrected chi connectivity index (χ3v) is 2.62. The molecule has 0 bridgehead atoms. The molecule has 0 aliphatic heterocycles. The minimum Gasteiger partial charge on any atom is -0.0845 e. The van der Waals surface area contributed by atoms with Gasteiger partial charge in [0.1, 0.15) is 0 Å². The first-order valence-electron chi connectivity index (χ1n) is 5.82. The van der Waals surface area contributed by atoms with Crippen LogP contribution in [0.2, 0.25) is 0 Å². The zero-order valence-electron chi connectivity index (χ0n) is 8.67. The van der Waals surface area contributed by atoms with E-state index in [0.717, 1.165) is 0 Å². The van der Waals surface area contributed by atoms with E-state index < -0.39 is 0 Å². The Morgan fingerprint density at radius 2 is 0.846 bits per heavy atom. The molecular weight excluding hydrogens is 156 g/mol. The maximum Gasteiger partial charge on any atom is -0.0348 e. The van der Waals surface area contributed by atoms with Crippen LogP contribution in [0.25, 0.3) is 0 Å². The normalized spacial score (nSPS) is 26.5. The molecule has 0 N–H and O–H groups in total. The molecule has 74 valence electrons. The van der Waals surface area contributed by atoms with Crippen molar-refractivity contribution in [2.75, 3.05) is 0 Å². The minimum atomic E-state index is 1.27. The van der Waals surface area contributed by atoms with Gasteiger partial charge in [-0.1, -0.05) is 56.4 Å². The highest BCUT2D eigenvalue weighted by Crippen LogP contribution is 2.10. The van der Waals surface area contributed by atoms with Gasteiger partial charge >= 0.3 is 0 Å². The zero-order chi connectivity index (χ0) is 9.19. The van der Waals surface area contributed by atoms with Crippen LogP contribution in [0.1, 0.15) is 57.8 Å². The molecule has 13 heavy (non-hydrogen) atoms. The second-order valence-electron chi connectivity index (χ2n) is 3.91. The molecule has 0 aromatic rings. The Labute approximate surface area is 82.7 Å². The van der Waals surface area contributed by atoms with Crippen LogP contribution in [0.15, 0.2) is 24.3 Å². The van der Waals surface area contributed by atoms with Crippen molar-refractivity contribution in [1.29, 1.82) is 0 Å². The van der Waals surface area contributed by atoms with Crippen LogP contribution in [-0.2, 0) is 0 Å². The fourth-order valence-electron chi connectivity index (χ4n) is 1.76. The summed E-state index contributed by atoms with van der Waals surface area (Å²) in [5.41, 5.74) is 0. The number of hydrogen-bond donors (Lipinski definition) is 0. The van der Waals surface area contributed by atoms with Gasteiger partial charge in [0.2, 0.25) is 0 Å². The van der Waals surface area contributed by atoms with E-state index in [1.54, 1.807) is 0 Å². The van der Waals surface area contributed by atoms with Gasteiger partial charge in [-0.25, -0.2) is 0 Å². The van der Waals surface area contributed by atoms with Crippen molar-refractivity contribution in [3.8, 4) is 0 Å². The lowest BCUT2D eigenvalue weighted by molar-refractivity contribution is 0.584. The quantitative estimate of drug-likeness (QED) is 0.507. The molecule has 0 nitrogen and oxygen atoms in total. The Morgan fingerprint density at radius 1 is 0.462 bits per heavy atom. The van der Waals surface area contributed by atoms with E-state index in [1.165, 1.54) is 57.8 Å². The summed E-state index contributed by atoms with van der Waals surface area (Å²) in [4.78, 5) is 0. The second kappa shape index (κ2) is 8.10. The monoisotopic (exact) mass is 178 g/mol. The SMILES string of the molecule is C1=C\CCCCCCCCC/C=C/1. The standard InChI is InChI=1S/C13H22/c1-2-4-6-8-10-12-13-11-9-7-5-3-1/h1-4H,5-13H2/b3-1-,4-2+. The highest BCUT2D eigenvalue weighted by Gasteiger charge is 1.91. The summed E-state index contributed by atoms with van der Waals surface area (Å²) in [6.45, 7) is 0. The maximum atomic E-state index is 2.30. The molecule has 0 atom stereocenters. The predicted molar refractivity (Wildman–Crippen MR) is 59.8 cm³/mol. The Bertz CT molecular complexity index is 135. The van der Waals surface area contributed by atoms with Gasteiger partial charge in [0.15, 0.2) is 0 Å². The van der Waals surface area contributed by atoms with E-state index in [1.807, 2.05) is 0 Å². The van der Waals surface area contributed by atoms with Gasteiger partial charge in [-0.05, 0) is 25.7 Å². The molecule has 0 fully saturated rings. The first-order chi connectivity index (χ1) is 6.50. The smallest absolute Gasteiger partial charge is 0.0348 e. The molecule has 0 heterocycles. The lowest BCUT2D eigenvalue weighted by Gasteiger charge is -1.99. The summed E-state index contributed by atoms with van der Waals surface area (Å²) < 4.78 is 0. The fourth-order valence-corrected chi connectivity index (χ4v) is 1.76. The fraction of sp³-hybridized carbons (Fsp3) is 0.692. The molecule has 0 unspecified atom stereocenters. The average molecular weight is 178 g/mol. The van der Waals surface area contributed by atoms with Gasteiger partial charge in [0.25, 0.3) is 0 Å². The molecule has 0 aromatic heterocycles. The number of allylic oxidation sites excluding steroid dienone is 4. The second-order valence-corrected chi connectivity index (χ2v) is 3.91. The Morgan fingerprint density at radius 3 is 1.31 bits per heavy atom. The minimum absolute atomic E-state index is 1.27.